The number of hydrogen-bond donors (Lipinski definition) is 2. The number of carbonyl (C=O) groups excluding carboxylic acids is 3. The molecule has 0 bridgehead atoms. The van der Waals surface area contributed by atoms with Crippen LogP contribution in [0.4, 0.5) is 9.59 Å². The number of nitrogens with one attached hydrogen (secondary N) is 1. The van der Waals surface area contributed by atoms with Crippen LogP contribution in [-0.2, 0) is 16.0 Å². The molecule has 1 aliphatic rings. The average Bonchev–Trinajstić information content (AvgIpc) is 3.33. The third-order valence-electron chi connectivity index (χ3n) is 5.70. The number of carboxylic acids is 1. The number of ether oxygens (including phenoxy) is 1. The third kappa shape index (κ3) is 6.57. The van der Waals surface area contributed by atoms with E-state index in [1.807, 2.05) is 30.3 Å². The van der Waals surface area contributed by atoms with Gasteiger partial charge in [-0.15, -0.1) is 0 Å². The first kappa shape index (κ1) is 24.8. The highest BCUT2D eigenvalue weighted by Gasteiger charge is 2.37. The van der Waals surface area contributed by atoms with Gasteiger partial charge < -0.3 is 25.0 Å². The van der Waals surface area contributed by atoms with Crippen molar-refractivity contribution >= 4 is 23.9 Å². The highest BCUT2D eigenvalue weighted by atomic mass is 16.6. The molecule has 2 aromatic carbocycles. The zero-order chi connectivity index (χ0) is 24.5. The number of urea groups is 1. The van der Waals surface area contributed by atoms with Gasteiger partial charge in [0.15, 0.2) is 5.78 Å². The summed E-state index contributed by atoms with van der Waals surface area (Å²) in [6.45, 7) is 2.01. The molecular weight excluding hydrogens is 438 g/mol. The number of Topliss-reactive ketones (excluding diaryl/α,β-unsaturated/α-hetero) is 1. The summed E-state index contributed by atoms with van der Waals surface area (Å²) < 4.78 is 5.28. The second kappa shape index (κ2) is 11.8. The second-order valence-corrected chi connectivity index (χ2v) is 8.04. The quantitative estimate of drug-likeness (QED) is 0.586. The zero-order valence-corrected chi connectivity index (χ0v) is 19.1. The summed E-state index contributed by atoms with van der Waals surface area (Å²) in [5, 5.41) is 12.0. The van der Waals surface area contributed by atoms with Crippen LogP contribution in [0.15, 0.2) is 60.7 Å². The number of likely N-dealkylation sites (tertiary alicyclic amines) is 1. The Kier molecular flexibility index (Phi) is 8.61. The minimum atomic E-state index is -1.06. The van der Waals surface area contributed by atoms with Crippen LogP contribution in [0.3, 0.4) is 0 Å². The predicted octanol–water partition coefficient (Wildman–Crippen LogP) is 2.95. The van der Waals surface area contributed by atoms with Crippen LogP contribution in [0, 0.1) is 0 Å². The predicted molar refractivity (Wildman–Crippen MR) is 125 cm³/mol. The largest absolute Gasteiger partial charge is 0.480 e. The topological polar surface area (TPSA) is 116 Å². The molecule has 3 rings (SSSR count). The highest BCUT2D eigenvalue weighted by molar-refractivity contribution is 5.92. The van der Waals surface area contributed by atoms with E-state index in [0.29, 0.717) is 25.1 Å². The van der Waals surface area contributed by atoms with Gasteiger partial charge >= 0.3 is 18.1 Å². The zero-order valence-electron chi connectivity index (χ0n) is 19.1. The molecule has 9 nitrogen and oxygen atoms in total. The van der Waals surface area contributed by atoms with Crippen molar-refractivity contribution in [3.63, 3.8) is 0 Å². The molecule has 1 aliphatic heterocycles. The fraction of sp³-hybridized carbons (Fsp3) is 0.360. The maximum Gasteiger partial charge on any atom is 0.413 e. The number of benzene rings is 2. The normalized spacial score (nSPS) is 15.9. The summed E-state index contributed by atoms with van der Waals surface area (Å²) >= 11 is 0. The molecule has 2 atom stereocenters. The van der Waals surface area contributed by atoms with E-state index in [2.05, 4.69) is 5.32 Å². The maximum absolute atomic E-state index is 13.2. The van der Waals surface area contributed by atoms with Crippen molar-refractivity contribution in [3.8, 4) is 5.75 Å². The van der Waals surface area contributed by atoms with E-state index in [4.69, 9.17) is 4.74 Å². The van der Waals surface area contributed by atoms with Gasteiger partial charge in [-0.25, -0.2) is 14.4 Å². The fourth-order valence-electron chi connectivity index (χ4n) is 3.91. The van der Waals surface area contributed by atoms with Crippen molar-refractivity contribution in [2.24, 2.45) is 0 Å². The SMILES string of the molecule is CCN(CC(=O)[C@H](Cc1ccccc1)NC(=O)Oc1ccccc1)C(=O)N1CCC[C@H]1C(=O)O. The number of amides is 3. The lowest BCUT2D eigenvalue weighted by molar-refractivity contribution is -0.141. The van der Waals surface area contributed by atoms with E-state index in [1.165, 1.54) is 9.80 Å². The molecule has 1 heterocycles. The number of rotatable bonds is 9. The van der Waals surface area contributed by atoms with Crippen molar-refractivity contribution in [2.75, 3.05) is 19.6 Å². The van der Waals surface area contributed by atoms with Crippen molar-refractivity contribution in [3.05, 3.63) is 66.2 Å². The van der Waals surface area contributed by atoms with Crippen LogP contribution in [0.2, 0.25) is 0 Å². The lowest BCUT2D eigenvalue weighted by atomic mass is 10.0. The number of ketones is 1. The molecule has 0 spiro atoms. The number of hydrogen-bond acceptors (Lipinski definition) is 5. The second-order valence-electron chi connectivity index (χ2n) is 8.04. The third-order valence-corrected chi connectivity index (χ3v) is 5.70. The monoisotopic (exact) mass is 467 g/mol. The molecule has 0 saturated carbocycles. The van der Waals surface area contributed by atoms with Crippen LogP contribution in [0.5, 0.6) is 5.75 Å². The molecular formula is C25H29N3O6. The molecule has 0 aromatic heterocycles. The van der Waals surface area contributed by atoms with Gasteiger partial charge in [0.05, 0.1) is 12.6 Å². The minimum Gasteiger partial charge on any atom is -0.480 e. The van der Waals surface area contributed by atoms with Gasteiger partial charge in [0, 0.05) is 13.1 Å². The Hall–Kier alpha value is -3.88. The summed E-state index contributed by atoms with van der Waals surface area (Å²) in [5.41, 5.74) is 0.834. The van der Waals surface area contributed by atoms with Gasteiger partial charge in [-0.1, -0.05) is 48.5 Å². The number of carboxylic acid groups (broad SMARTS) is 1. The van der Waals surface area contributed by atoms with E-state index in [-0.39, 0.29) is 25.3 Å². The van der Waals surface area contributed by atoms with Gasteiger partial charge in [0.25, 0.3) is 0 Å². The number of aliphatic carboxylic acids is 1. The summed E-state index contributed by atoms with van der Waals surface area (Å²) in [5.74, 6) is -1.10. The Morgan fingerprint density at radius 2 is 1.74 bits per heavy atom. The molecule has 0 radical (unpaired) electrons. The van der Waals surface area contributed by atoms with Crippen molar-refractivity contribution in [1.82, 2.24) is 15.1 Å². The van der Waals surface area contributed by atoms with Crippen molar-refractivity contribution in [1.29, 1.82) is 0 Å². The van der Waals surface area contributed by atoms with Gasteiger partial charge in [0.1, 0.15) is 11.8 Å². The van der Waals surface area contributed by atoms with Crippen LogP contribution in [-0.4, -0.2) is 70.5 Å². The Morgan fingerprint density at radius 3 is 2.35 bits per heavy atom. The van der Waals surface area contributed by atoms with E-state index in [1.54, 1.807) is 37.3 Å². The first-order valence-corrected chi connectivity index (χ1v) is 11.3. The van der Waals surface area contributed by atoms with E-state index < -0.39 is 30.2 Å². The van der Waals surface area contributed by atoms with Crippen LogP contribution < -0.4 is 10.1 Å². The lowest BCUT2D eigenvalue weighted by Crippen LogP contribution is -2.52. The molecule has 180 valence electrons. The smallest absolute Gasteiger partial charge is 0.413 e. The van der Waals surface area contributed by atoms with E-state index >= 15 is 0 Å². The van der Waals surface area contributed by atoms with E-state index in [0.717, 1.165) is 5.56 Å². The molecule has 2 N–H and O–H groups in total. The van der Waals surface area contributed by atoms with Crippen LogP contribution >= 0.6 is 0 Å². The number of likely N-dealkylation sites (N-methyl/N-ethyl adjacent to an activating group) is 1. The van der Waals surface area contributed by atoms with Gasteiger partial charge in [-0.2, -0.15) is 0 Å². The molecule has 1 saturated heterocycles. The van der Waals surface area contributed by atoms with Gasteiger partial charge in [0.2, 0.25) is 0 Å². The van der Waals surface area contributed by atoms with E-state index in [9.17, 15) is 24.3 Å². The standard InChI is InChI=1S/C25H29N3O6/c1-2-27(25(33)28-15-9-14-21(28)23(30)31)17-22(29)20(16-18-10-5-3-6-11-18)26-24(32)34-19-12-7-4-8-13-19/h3-8,10-13,20-21H,2,9,14-17H2,1H3,(H,26,32)(H,30,31)/t20-,21-/m0/s1. The number of nitrogens with zero attached hydrogens (tertiary/aromatic N) is 2. The molecule has 34 heavy (non-hydrogen) atoms. The molecule has 9 heteroatoms. The molecule has 2 aromatic rings. The number of carbonyl (C=O) groups is 4. The van der Waals surface area contributed by atoms with Crippen LogP contribution in [0.1, 0.15) is 25.3 Å². The molecule has 1 fully saturated rings. The maximum atomic E-state index is 13.2. The summed E-state index contributed by atoms with van der Waals surface area (Å²) in [6.07, 6.45) is 0.422. The van der Waals surface area contributed by atoms with Crippen molar-refractivity contribution < 1.29 is 29.0 Å². The summed E-state index contributed by atoms with van der Waals surface area (Å²) in [4.78, 5) is 52.8. The Balaban J connectivity index is 1.71. The molecule has 0 aliphatic carbocycles. The van der Waals surface area contributed by atoms with Crippen LogP contribution in [0.25, 0.3) is 0 Å². The Bertz CT molecular complexity index is 998. The number of para-hydroxylation sites is 1. The summed E-state index contributed by atoms with van der Waals surface area (Å²) in [7, 11) is 0. The van der Waals surface area contributed by atoms with Crippen molar-refractivity contribution in [2.45, 2.75) is 38.3 Å². The first-order chi connectivity index (χ1) is 16.4. The molecule has 3 amide bonds. The fourth-order valence-corrected chi connectivity index (χ4v) is 3.91. The van der Waals surface area contributed by atoms with Gasteiger partial charge in [-0.3, -0.25) is 4.79 Å². The lowest BCUT2D eigenvalue weighted by Gasteiger charge is -2.30. The summed E-state index contributed by atoms with van der Waals surface area (Å²) in [6, 6.07) is 15.4. The average molecular weight is 468 g/mol. The Morgan fingerprint density at radius 1 is 1.09 bits per heavy atom. The molecule has 0 unspecified atom stereocenters. The highest BCUT2D eigenvalue weighted by Crippen LogP contribution is 2.19. The minimum absolute atomic E-state index is 0.219. The Labute approximate surface area is 198 Å². The van der Waals surface area contributed by atoms with Gasteiger partial charge in [-0.05, 0) is 43.9 Å². The first-order valence-electron chi connectivity index (χ1n) is 11.3.